The van der Waals surface area contributed by atoms with Crippen molar-refractivity contribution in [3.63, 3.8) is 0 Å². The second-order valence-corrected chi connectivity index (χ2v) is 7.27. The zero-order valence-electron chi connectivity index (χ0n) is 17.3. The molecule has 0 spiro atoms. The zero-order valence-corrected chi connectivity index (χ0v) is 17.3. The second-order valence-electron chi connectivity index (χ2n) is 7.27. The topological polar surface area (TPSA) is 70.1 Å². The number of likely N-dealkylation sites (tertiary alicyclic amines) is 1. The van der Waals surface area contributed by atoms with Crippen LogP contribution in [0.25, 0.3) is 5.76 Å². The normalized spacial score (nSPS) is 18.3. The predicted octanol–water partition coefficient (Wildman–Crippen LogP) is 3.21. The van der Waals surface area contributed by atoms with Crippen LogP contribution < -0.4 is 4.74 Å². The second kappa shape index (κ2) is 9.09. The van der Waals surface area contributed by atoms with Crippen LogP contribution in [-0.2, 0) is 9.59 Å². The minimum atomic E-state index is -1.00. The van der Waals surface area contributed by atoms with E-state index in [9.17, 15) is 19.1 Å². The van der Waals surface area contributed by atoms with Gasteiger partial charge in [-0.1, -0.05) is 18.2 Å². The number of halogens is 1. The van der Waals surface area contributed by atoms with E-state index in [0.29, 0.717) is 24.5 Å². The molecule has 1 aliphatic rings. The minimum absolute atomic E-state index is 0.118. The first-order valence-electron chi connectivity index (χ1n) is 9.76. The molecule has 0 saturated carbocycles. The highest BCUT2D eigenvalue weighted by atomic mass is 19.1. The van der Waals surface area contributed by atoms with Crippen molar-refractivity contribution in [2.24, 2.45) is 0 Å². The summed E-state index contributed by atoms with van der Waals surface area (Å²) in [5.41, 5.74) is 0.404. The van der Waals surface area contributed by atoms with Gasteiger partial charge in [0.15, 0.2) is 0 Å². The molecule has 158 valence electrons. The van der Waals surface area contributed by atoms with E-state index in [0.717, 1.165) is 0 Å². The van der Waals surface area contributed by atoms with Crippen molar-refractivity contribution in [1.82, 2.24) is 9.80 Å². The number of benzene rings is 2. The first kappa shape index (κ1) is 21.5. The third-order valence-electron chi connectivity index (χ3n) is 4.97. The smallest absolute Gasteiger partial charge is 0.295 e. The number of amides is 1. The van der Waals surface area contributed by atoms with E-state index in [-0.39, 0.29) is 23.4 Å². The fourth-order valence-corrected chi connectivity index (χ4v) is 3.47. The molecule has 0 aromatic heterocycles. The fraction of sp³-hybridized carbons (Fsp3) is 0.304. The van der Waals surface area contributed by atoms with Crippen LogP contribution in [0.1, 0.15) is 24.1 Å². The van der Waals surface area contributed by atoms with Crippen molar-refractivity contribution < 1.29 is 23.8 Å². The molecule has 2 aromatic carbocycles. The van der Waals surface area contributed by atoms with Crippen LogP contribution in [0.15, 0.2) is 54.1 Å². The number of carbonyl (C=O) groups excluding carboxylic acids is 2. The van der Waals surface area contributed by atoms with Crippen molar-refractivity contribution in [3.05, 3.63) is 71.0 Å². The monoisotopic (exact) mass is 412 g/mol. The quantitative estimate of drug-likeness (QED) is 0.430. The van der Waals surface area contributed by atoms with Crippen molar-refractivity contribution in [2.75, 3.05) is 33.8 Å². The molecule has 1 heterocycles. The lowest BCUT2D eigenvalue weighted by Crippen LogP contribution is -2.35. The predicted molar refractivity (Wildman–Crippen MR) is 112 cm³/mol. The summed E-state index contributed by atoms with van der Waals surface area (Å²) >= 11 is 0. The van der Waals surface area contributed by atoms with Crippen LogP contribution in [0.5, 0.6) is 5.75 Å². The van der Waals surface area contributed by atoms with Gasteiger partial charge in [0, 0.05) is 24.2 Å². The number of likely N-dealkylation sites (N-methyl/N-ethyl adjacent to an activating group) is 1. The van der Waals surface area contributed by atoms with E-state index in [1.165, 1.54) is 23.1 Å². The van der Waals surface area contributed by atoms with Crippen LogP contribution >= 0.6 is 0 Å². The lowest BCUT2D eigenvalue weighted by atomic mass is 9.95. The van der Waals surface area contributed by atoms with Gasteiger partial charge >= 0.3 is 0 Å². The Labute approximate surface area is 175 Å². The highest BCUT2D eigenvalue weighted by molar-refractivity contribution is 6.46. The number of aliphatic hydroxyl groups excluding tert-OH is 1. The first-order valence-corrected chi connectivity index (χ1v) is 9.76. The summed E-state index contributed by atoms with van der Waals surface area (Å²) in [6.45, 7) is 3.06. The first-order chi connectivity index (χ1) is 14.3. The number of carbonyl (C=O) groups is 2. The summed E-state index contributed by atoms with van der Waals surface area (Å²) < 4.78 is 20.1. The van der Waals surface area contributed by atoms with E-state index in [1.54, 1.807) is 30.3 Å². The average Bonchev–Trinajstić information content (AvgIpc) is 2.97. The van der Waals surface area contributed by atoms with Gasteiger partial charge in [-0.2, -0.15) is 0 Å². The Balaban J connectivity index is 2.11. The maximum absolute atomic E-state index is 14.7. The lowest BCUT2D eigenvalue weighted by Gasteiger charge is -2.26. The van der Waals surface area contributed by atoms with E-state index in [4.69, 9.17) is 4.74 Å². The molecule has 0 aliphatic carbocycles. The van der Waals surface area contributed by atoms with Gasteiger partial charge in [-0.25, -0.2) is 4.39 Å². The van der Waals surface area contributed by atoms with Crippen LogP contribution in [0.4, 0.5) is 4.39 Å². The van der Waals surface area contributed by atoms with Crippen LogP contribution in [0.2, 0.25) is 0 Å². The average molecular weight is 412 g/mol. The Bertz CT molecular complexity index is 969. The number of hydrogen-bond donors (Lipinski definition) is 1. The summed E-state index contributed by atoms with van der Waals surface area (Å²) in [5, 5.41) is 11.0. The molecule has 2 aromatic rings. The third-order valence-corrected chi connectivity index (χ3v) is 4.97. The van der Waals surface area contributed by atoms with E-state index >= 15 is 0 Å². The Morgan fingerprint density at radius 2 is 1.80 bits per heavy atom. The maximum Gasteiger partial charge on any atom is 0.295 e. The van der Waals surface area contributed by atoms with Gasteiger partial charge in [-0.15, -0.1) is 0 Å². The summed E-state index contributed by atoms with van der Waals surface area (Å²) in [4.78, 5) is 28.8. The molecule has 30 heavy (non-hydrogen) atoms. The molecule has 1 amide bonds. The summed E-state index contributed by atoms with van der Waals surface area (Å²) in [7, 11) is 3.68. The van der Waals surface area contributed by atoms with Gasteiger partial charge < -0.3 is 19.6 Å². The molecule has 0 bridgehead atoms. The number of Topliss-reactive ketones (excluding diaryl/α,β-unsaturated/α-hetero) is 1. The van der Waals surface area contributed by atoms with E-state index in [2.05, 4.69) is 0 Å². The molecule has 1 saturated heterocycles. The molecular weight excluding hydrogens is 387 g/mol. The van der Waals surface area contributed by atoms with Gasteiger partial charge in [-0.05, 0) is 51.4 Å². The molecule has 7 heteroatoms. The number of hydrogen-bond acceptors (Lipinski definition) is 5. The van der Waals surface area contributed by atoms with Crippen molar-refractivity contribution >= 4 is 17.4 Å². The highest BCUT2D eigenvalue weighted by Crippen LogP contribution is 2.40. The minimum Gasteiger partial charge on any atom is -0.507 e. The van der Waals surface area contributed by atoms with Gasteiger partial charge in [0.2, 0.25) is 0 Å². The third kappa shape index (κ3) is 4.21. The molecule has 0 radical (unpaired) electrons. The molecule has 1 aliphatic heterocycles. The number of aliphatic hydroxyl groups is 1. The summed E-state index contributed by atoms with van der Waals surface area (Å²) in [6, 6.07) is 11.5. The van der Waals surface area contributed by atoms with Crippen molar-refractivity contribution in [3.8, 4) is 5.75 Å². The standard InChI is InChI=1S/C23H25FN2O4/c1-4-30-16-11-9-15(10-12-16)21(27)19-20(17-7-5-6-8-18(17)24)26(14-13-25(2)3)23(29)22(19)28/h5-12,20,27H,4,13-14H2,1-3H3/b21-19-. The molecule has 1 N–H and O–H groups in total. The molecule has 1 unspecified atom stereocenters. The van der Waals surface area contributed by atoms with Gasteiger partial charge in [0.25, 0.3) is 11.7 Å². The zero-order chi connectivity index (χ0) is 21.8. The number of ether oxygens (including phenoxy) is 1. The Morgan fingerprint density at radius 1 is 1.13 bits per heavy atom. The van der Waals surface area contributed by atoms with Gasteiger partial charge in [0.05, 0.1) is 18.2 Å². The van der Waals surface area contributed by atoms with Crippen molar-refractivity contribution in [1.29, 1.82) is 0 Å². The summed E-state index contributed by atoms with van der Waals surface area (Å²) in [5.74, 6) is -1.84. The van der Waals surface area contributed by atoms with Crippen molar-refractivity contribution in [2.45, 2.75) is 13.0 Å². The largest absolute Gasteiger partial charge is 0.507 e. The Kier molecular flexibility index (Phi) is 6.52. The number of rotatable bonds is 7. The molecule has 1 atom stereocenters. The summed E-state index contributed by atoms with van der Waals surface area (Å²) in [6.07, 6.45) is 0. The Morgan fingerprint density at radius 3 is 2.40 bits per heavy atom. The number of nitrogens with zero attached hydrogens (tertiary/aromatic N) is 2. The van der Waals surface area contributed by atoms with Crippen LogP contribution in [0, 0.1) is 5.82 Å². The SMILES string of the molecule is CCOc1ccc(/C(O)=C2/C(=O)C(=O)N(CCN(C)C)C2c2ccccc2F)cc1. The van der Waals surface area contributed by atoms with E-state index in [1.807, 2.05) is 25.9 Å². The fourth-order valence-electron chi connectivity index (χ4n) is 3.47. The lowest BCUT2D eigenvalue weighted by molar-refractivity contribution is -0.140. The van der Waals surface area contributed by atoms with Crippen LogP contribution in [-0.4, -0.2) is 60.4 Å². The highest BCUT2D eigenvalue weighted by Gasteiger charge is 2.46. The molecular formula is C23H25FN2O4. The molecule has 1 fully saturated rings. The van der Waals surface area contributed by atoms with Crippen LogP contribution in [0.3, 0.4) is 0 Å². The number of ketones is 1. The maximum atomic E-state index is 14.7. The molecule has 6 nitrogen and oxygen atoms in total. The molecule has 3 rings (SSSR count). The Hall–Kier alpha value is -3.19. The van der Waals surface area contributed by atoms with Gasteiger partial charge in [0.1, 0.15) is 17.3 Å². The van der Waals surface area contributed by atoms with E-state index < -0.39 is 23.5 Å². The van der Waals surface area contributed by atoms with Gasteiger partial charge in [-0.3, -0.25) is 9.59 Å².